The normalized spacial score (nSPS) is 12.2. The lowest BCUT2D eigenvalue weighted by atomic mass is 10.00. The summed E-state index contributed by atoms with van der Waals surface area (Å²) in [6.07, 6.45) is 0.827. The van der Waals surface area contributed by atoms with E-state index in [1.165, 1.54) is 18.7 Å². The molecule has 0 spiro atoms. The molecule has 2 rings (SSSR count). The second-order valence-corrected chi connectivity index (χ2v) is 4.78. The molecule has 106 valence electrons. The summed E-state index contributed by atoms with van der Waals surface area (Å²) in [7, 11) is 1.41. The molecule has 0 aromatic heterocycles. The summed E-state index contributed by atoms with van der Waals surface area (Å²) in [4.78, 5) is 0. The fraction of sp³-hybridized carbons (Fsp3) is 0.294. The van der Waals surface area contributed by atoms with Crippen LogP contribution in [0, 0.1) is 5.82 Å². The molecule has 0 fully saturated rings. The Kier molecular flexibility index (Phi) is 4.74. The molecule has 1 unspecified atom stereocenters. The zero-order valence-corrected chi connectivity index (χ0v) is 11.8. The molecule has 3 heteroatoms. The van der Waals surface area contributed by atoms with Crippen LogP contribution in [-0.2, 0) is 12.8 Å². The highest BCUT2D eigenvalue weighted by Gasteiger charge is 2.12. The lowest BCUT2D eigenvalue weighted by Crippen LogP contribution is -2.03. The summed E-state index contributed by atoms with van der Waals surface area (Å²) < 4.78 is 18.3. The monoisotopic (exact) mass is 274 g/mol. The Morgan fingerprint density at radius 2 is 1.75 bits per heavy atom. The number of aliphatic hydroxyl groups excluding tert-OH is 1. The molecule has 0 aliphatic heterocycles. The van der Waals surface area contributed by atoms with Crippen molar-refractivity contribution in [2.24, 2.45) is 0 Å². The molecule has 2 aromatic rings. The smallest absolute Gasteiger partial charge is 0.165 e. The number of aryl methyl sites for hydroxylation is 1. The van der Waals surface area contributed by atoms with Gasteiger partial charge in [-0.05, 0) is 35.2 Å². The highest BCUT2D eigenvalue weighted by Crippen LogP contribution is 2.25. The molecule has 0 heterocycles. The molecule has 0 radical (unpaired) electrons. The van der Waals surface area contributed by atoms with Gasteiger partial charge >= 0.3 is 0 Å². The van der Waals surface area contributed by atoms with Crippen molar-refractivity contribution in [3.8, 4) is 5.75 Å². The molecule has 0 aliphatic rings. The molecule has 0 amide bonds. The molecule has 0 saturated heterocycles. The Bertz CT molecular complexity index is 564. The minimum atomic E-state index is -0.669. The van der Waals surface area contributed by atoms with Gasteiger partial charge in [0.15, 0.2) is 11.6 Å². The molecule has 0 saturated carbocycles. The van der Waals surface area contributed by atoms with Crippen molar-refractivity contribution in [2.75, 3.05) is 7.11 Å². The van der Waals surface area contributed by atoms with Crippen molar-refractivity contribution in [2.45, 2.75) is 25.9 Å². The van der Waals surface area contributed by atoms with Crippen molar-refractivity contribution >= 4 is 0 Å². The molecule has 1 atom stereocenters. The lowest BCUT2D eigenvalue weighted by Gasteiger charge is -2.13. The van der Waals surface area contributed by atoms with Gasteiger partial charge in [-0.2, -0.15) is 0 Å². The molecule has 20 heavy (non-hydrogen) atoms. The second kappa shape index (κ2) is 6.53. The van der Waals surface area contributed by atoms with Gasteiger partial charge in [-0.25, -0.2) is 4.39 Å². The van der Waals surface area contributed by atoms with Gasteiger partial charge in [0.05, 0.1) is 13.2 Å². The third-order valence-corrected chi connectivity index (χ3v) is 3.42. The largest absolute Gasteiger partial charge is 0.494 e. The number of benzene rings is 2. The van der Waals surface area contributed by atoms with E-state index in [0.29, 0.717) is 12.0 Å². The van der Waals surface area contributed by atoms with Crippen LogP contribution in [0.3, 0.4) is 0 Å². The van der Waals surface area contributed by atoms with Crippen LogP contribution in [0.25, 0.3) is 0 Å². The number of hydrogen-bond acceptors (Lipinski definition) is 2. The van der Waals surface area contributed by atoms with E-state index in [-0.39, 0.29) is 5.75 Å². The Labute approximate surface area is 118 Å². The van der Waals surface area contributed by atoms with Crippen LogP contribution in [0.5, 0.6) is 5.75 Å². The summed E-state index contributed by atoms with van der Waals surface area (Å²) in [6, 6.07) is 12.6. The van der Waals surface area contributed by atoms with Gasteiger partial charge in [0, 0.05) is 6.42 Å². The maximum Gasteiger partial charge on any atom is 0.165 e. The highest BCUT2D eigenvalue weighted by molar-refractivity contribution is 5.33. The Hall–Kier alpha value is -1.87. The summed E-state index contributed by atoms with van der Waals surface area (Å²) in [5.41, 5.74) is 2.98. The van der Waals surface area contributed by atoms with Crippen LogP contribution in [-0.4, -0.2) is 12.2 Å². The second-order valence-electron chi connectivity index (χ2n) is 4.78. The molecule has 2 aromatic carbocycles. The molecule has 0 aliphatic carbocycles. The predicted octanol–water partition coefficient (Wildman–Crippen LogP) is 3.67. The first-order valence-electron chi connectivity index (χ1n) is 6.73. The molecule has 2 nitrogen and oxygen atoms in total. The lowest BCUT2D eigenvalue weighted by molar-refractivity contribution is 0.178. The van der Waals surface area contributed by atoms with Gasteiger partial charge in [0.1, 0.15) is 0 Å². The van der Waals surface area contributed by atoms with Gasteiger partial charge in [-0.1, -0.05) is 37.3 Å². The van der Waals surface area contributed by atoms with E-state index in [4.69, 9.17) is 4.74 Å². The van der Waals surface area contributed by atoms with Crippen molar-refractivity contribution in [3.63, 3.8) is 0 Å². The minimum absolute atomic E-state index is 0.155. The van der Waals surface area contributed by atoms with Crippen molar-refractivity contribution in [1.82, 2.24) is 0 Å². The summed E-state index contributed by atoms with van der Waals surface area (Å²) >= 11 is 0. The predicted molar refractivity (Wildman–Crippen MR) is 77.4 cm³/mol. The highest BCUT2D eigenvalue weighted by atomic mass is 19.1. The Balaban J connectivity index is 2.12. The van der Waals surface area contributed by atoms with Gasteiger partial charge in [0.25, 0.3) is 0 Å². The number of methoxy groups -OCH3 is 1. The van der Waals surface area contributed by atoms with Crippen LogP contribution >= 0.6 is 0 Å². The van der Waals surface area contributed by atoms with Gasteiger partial charge in [-0.15, -0.1) is 0 Å². The zero-order valence-electron chi connectivity index (χ0n) is 11.8. The Morgan fingerprint density at radius 1 is 1.10 bits per heavy atom. The first kappa shape index (κ1) is 14.5. The number of rotatable bonds is 5. The van der Waals surface area contributed by atoms with Crippen LogP contribution < -0.4 is 4.74 Å². The van der Waals surface area contributed by atoms with E-state index >= 15 is 0 Å². The van der Waals surface area contributed by atoms with Gasteiger partial charge < -0.3 is 9.84 Å². The van der Waals surface area contributed by atoms with Crippen LogP contribution in [0.1, 0.15) is 29.7 Å². The van der Waals surface area contributed by atoms with Crippen LogP contribution in [0.4, 0.5) is 4.39 Å². The first-order valence-corrected chi connectivity index (χ1v) is 6.73. The van der Waals surface area contributed by atoms with Gasteiger partial charge in [-0.3, -0.25) is 0 Å². The summed E-state index contributed by atoms with van der Waals surface area (Å²) in [6.45, 7) is 2.11. The average Bonchev–Trinajstić information content (AvgIpc) is 2.48. The summed E-state index contributed by atoms with van der Waals surface area (Å²) in [5, 5.41) is 10.2. The molecule has 1 N–H and O–H groups in total. The fourth-order valence-corrected chi connectivity index (χ4v) is 2.14. The summed E-state index contributed by atoms with van der Waals surface area (Å²) in [5.74, 6) is -0.265. The standard InChI is InChI=1S/C17H19FO2/c1-3-12-4-6-13(7-5-12)10-16(19)14-8-9-15(18)17(11-14)20-2/h4-9,11,16,19H,3,10H2,1-2H3. The van der Waals surface area contributed by atoms with Crippen LogP contribution in [0.2, 0.25) is 0 Å². The van der Waals surface area contributed by atoms with E-state index in [2.05, 4.69) is 19.1 Å². The third kappa shape index (κ3) is 3.36. The van der Waals surface area contributed by atoms with Crippen molar-refractivity contribution < 1.29 is 14.2 Å². The molecular formula is C17H19FO2. The third-order valence-electron chi connectivity index (χ3n) is 3.42. The van der Waals surface area contributed by atoms with E-state index in [9.17, 15) is 9.50 Å². The maximum absolute atomic E-state index is 13.3. The zero-order chi connectivity index (χ0) is 14.5. The fourth-order valence-electron chi connectivity index (χ4n) is 2.14. The van der Waals surface area contributed by atoms with Crippen molar-refractivity contribution in [1.29, 1.82) is 0 Å². The number of ether oxygens (including phenoxy) is 1. The van der Waals surface area contributed by atoms with Crippen molar-refractivity contribution in [3.05, 3.63) is 65.0 Å². The van der Waals surface area contributed by atoms with E-state index in [1.54, 1.807) is 12.1 Å². The molecular weight excluding hydrogens is 255 g/mol. The van der Waals surface area contributed by atoms with E-state index in [0.717, 1.165) is 12.0 Å². The maximum atomic E-state index is 13.3. The van der Waals surface area contributed by atoms with E-state index < -0.39 is 11.9 Å². The number of aliphatic hydroxyl groups is 1. The van der Waals surface area contributed by atoms with Gasteiger partial charge in [0.2, 0.25) is 0 Å². The SMILES string of the molecule is CCc1ccc(CC(O)c2ccc(F)c(OC)c2)cc1. The Morgan fingerprint density at radius 3 is 2.35 bits per heavy atom. The molecule has 0 bridgehead atoms. The topological polar surface area (TPSA) is 29.5 Å². The van der Waals surface area contributed by atoms with E-state index in [1.807, 2.05) is 12.1 Å². The number of hydrogen-bond donors (Lipinski definition) is 1. The van der Waals surface area contributed by atoms with Crippen LogP contribution in [0.15, 0.2) is 42.5 Å². The number of halogens is 1. The minimum Gasteiger partial charge on any atom is -0.494 e. The average molecular weight is 274 g/mol. The quantitative estimate of drug-likeness (QED) is 0.901. The first-order chi connectivity index (χ1) is 9.63.